The topological polar surface area (TPSA) is 96.9 Å². The molecule has 8 heteroatoms. The Kier molecular flexibility index (Phi) is 8.76. The Labute approximate surface area is 196 Å². The molecule has 0 radical (unpaired) electrons. The summed E-state index contributed by atoms with van der Waals surface area (Å²) in [5, 5.41) is 13.9. The standard InChI is InChI=1S/C26H25FN2O5/c1-33-21-6-4-5-19(15-21)17-34-20-11-9-18(10-12-20)16-24(26(32)28-13-14-30)29-25(31)22-7-2-3-8-23(22)27/h2-12,15-16,30H,13-14,17H2,1H3,(H,28,32)(H,29,31)/b24-16+. The number of hydrogen-bond acceptors (Lipinski definition) is 5. The van der Waals surface area contributed by atoms with E-state index in [0.717, 1.165) is 17.4 Å². The number of aliphatic hydroxyl groups is 1. The fourth-order valence-electron chi connectivity index (χ4n) is 3.01. The number of methoxy groups -OCH3 is 1. The molecule has 0 bridgehead atoms. The van der Waals surface area contributed by atoms with Gasteiger partial charge in [-0.2, -0.15) is 0 Å². The highest BCUT2D eigenvalue weighted by atomic mass is 19.1. The fourth-order valence-corrected chi connectivity index (χ4v) is 3.01. The molecular formula is C26H25FN2O5. The van der Waals surface area contributed by atoms with Crippen LogP contribution in [-0.4, -0.2) is 37.2 Å². The number of aliphatic hydroxyl groups excluding tert-OH is 1. The second kappa shape index (κ2) is 12.2. The van der Waals surface area contributed by atoms with Crippen LogP contribution in [0.3, 0.4) is 0 Å². The number of ether oxygens (including phenoxy) is 2. The summed E-state index contributed by atoms with van der Waals surface area (Å²) in [4.78, 5) is 25.0. The molecule has 0 saturated heterocycles. The van der Waals surface area contributed by atoms with Crippen LogP contribution >= 0.6 is 0 Å². The van der Waals surface area contributed by atoms with Gasteiger partial charge in [-0.25, -0.2) is 4.39 Å². The quantitative estimate of drug-likeness (QED) is 0.400. The van der Waals surface area contributed by atoms with Gasteiger partial charge in [0, 0.05) is 6.54 Å². The van der Waals surface area contributed by atoms with E-state index in [0.29, 0.717) is 17.9 Å². The monoisotopic (exact) mass is 464 g/mol. The molecule has 34 heavy (non-hydrogen) atoms. The van der Waals surface area contributed by atoms with Crippen LogP contribution in [0.2, 0.25) is 0 Å². The third-order valence-corrected chi connectivity index (χ3v) is 4.74. The van der Waals surface area contributed by atoms with E-state index < -0.39 is 17.6 Å². The molecule has 0 aliphatic carbocycles. The molecule has 3 aromatic carbocycles. The summed E-state index contributed by atoms with van der Waals surface area (Å²) in [7, 11) is 1.60. The van der Waals surface area contributed by atoms with Gasteiger partial charge in [-0.15, -0.1) is 0 Å². The lowest BCUT2D eigenvalue weighted by atomic mass is 10.1. The second-order valence-corrected chi connectivity index (χ2v) is 7.18. The first-order chi connectivity index (χ1) is 16.5. The molecule has 2 amide bonds. The SMILES string of the molecule is COc1cccc(COc2ccc(/C=C(/NC(=O)c3ccccc3F)C(=O)NCCO)cc2)c1. The van der Waals surface area contributed by atoms with Gasteiger partial charge in [-0.1, -0.05) is 36.4 Å². The van der Waals surface area contributed by atoms with Crippen LogP contribution in [0, 0.1) is 5.82 Å². The minimum absolute atomic E-state index is 0.00277. The van der Waals surface area contributed by atoms with E-state index in [2.05, 4.69) is 10.6 Å². The lowest BCUT2D eigenvalue weighted by Crippen LogP contribution is -2.36. The molecule has 0 aliphatic heterocycles. The van der Waals surface area contributed by atoms with Crippen molar-refractivity contribution in [3.8, 4) is 11.5 Å². The maximum atomic E-state index is 14.0. The van der Waals surface area contributed by atoms with E-state index in [1.165, 1.54) is 24.3 Å². The molecule has 0 spiro atoms. The predicted molar refractivity (Wildman–Crippen MR) is 126 cm³/mol. The number of amides is 2. The molecule has 0 heterocycles. The Morgan fingerprint density at radius 2 is 1.76 bits per heavy atom. The molecular weight excluding hydrogens is 439 g/mol. The Balaban J connectivity index is 1.73. The highest BCUT2D eigenvalue weighted by Gasteiger charge is 2.16. The molecule has 7 nitrogen and oxygen atoms in total. The second-order valence-electron chi connectivity index (χ2n) is 7.18. The molecule has 3 aromatic rings. The zero-order valence-corrected chi connectivity index (χ0v) is 18.6. The third-order valence-electron chi connectivity index (χ3n) is 4.74. The summed E-state index contributed by atoms with van der Waals surface area (Å²) in [5.74, 6) is -0.723. The number of rotatable bonds is 10. The number of carbonyl (C=O) groups excluding carboxylic acids is 2. The van der Waals surface area contributed by atoms with E-state index in [4.69, 9.17) is 14.6 Å². The highest BCUT2D eigenvalue weighted by Crippen LogP contribution is 2.18. The van der Waals surface area contributed by atoms with Gasteiger partial charge in [-0.05, 0) is 53.6 Å². The van der Waals surface area contributed by atoms with Crippen LogP contribution in [0.5, 0.6) is 11.5 Å². The molecule has 0 saturated carbocycles. The van der Waals surface area contributed by atoms with Gasteiger partial charge >= 0.3 is 0 Å². The molecule has 3 rings (SSSR count). The van der Waals surface area contributed by atoms with Crippen molar-refractivity contribution >= 4 is 17.9 Å². The van der Waals surface area contributed by atoms with Crippen molar-refractivity contribution in [3.05, 3.63) is 101 Å². The van der Waals surface area contributed by atoms with E-state index in [9.17, 15) is 14.0 Å². The molecule has 0 fully saturated rings. The Morgan fingerprint density at radius 1 is 1.00 bits per heavy atom. The summed E-state index contributed by atoms with van der Waals surface area (Å²) in [6, 6.07) is 19.9. The first-order valence-corrected chi connectivity index (χ1v) is 10.5. The molecule has 0 aromatic heterocycles. The fraction of sp³-hybridized carbons (Fsp3) is 0.154. The lowest BCUT2D eigenvalue weighted by molar-refractivity contribution is -0.117. The summed E-state index contributed by atoms with van der Waals surface area (Å²) >= 11 is 0. The van der Waals surface area contributed by atoms with Crippen molar-refractivity contribution in [2.45, 2.75) is 6.61 Å². The van der Waals surface area contributed by atoms with Crippen molar-refractivity contribution in [2.24, 2.45) is 0 Å². The lowest BCUT2D eigenvalue weighted by Gasteiger charge is -2.11. The van der Waals surface area contributed by atoms with Crippen LogP contribution in [0.15, 0.2) is 78.5 Å². The average Bonchev–Trinajstić information content (AvgIpc) is 2.86. The zero-order valence-electron chi connectivity index (χ0n) is 18.6. The summed E-state index contributed by atoms with van der Waals surface area (Å²) < 4.78 is 25.0. The first kappa shape index (κ1) is 24.5. The molecule has 0 atom stereocenters. The van der Waals surface area contributed by atoms with Crippen LogP contribution < -0.4 is 20.1 Å². The summed E-state index contributed by atoms with van der Waals surface area (Å²) in [5.41, 5.74) is 1.27. The molecule has 0 unspecified atom stereocenters. The minimum Gasteiger partial charge on any atom is -0.497 e. The molecule has 0 aliphatic rings. The van der Waals surface area contributed by atoms with Crippen molar-refractivity contribution in [3.63, 3.8) is 0 Å². The highest BCUT2D eigenvalue weighted by molar-refractivity contribution is 6.05. The Morgan fingerprint density at radius 3 is 2.47 bits per heavy atom. The van der Waals surface area contributed by atoms with E-state index in [1.54, 1.807) is 31.4 Å². The molecule has 3 N–H and O–H groups in total. The van der Waals surface area contributed by atoms with Gasteiger partial charge in [0.1, 0.15) is 29.6 Å². The largest absolute Gasteiger partial charge is 0.497 e. The minimum atomic E-state index is -0.762. The number of nitrogens with one attached hydrogen (secondary N) is 2. The van der Waals surface area contributed by atoms with Crippen LogP contribution in [0.4, 0.5) is 4.39 Å². The van der Waals surface area contributed by atoms with Gasteiger partial charge in [0.05, 0.1) is 19.3 Å². The maximum absolute atomic E-state index is 14.0. The summed E-state index contributed by atoms with van der Waals surface area (Å²) in [6.45, 7) is 0.0856. The normalized spacial score (nSPS) is 11.0. The first-order valence-electron chi connectivity index (χ1n) is 10.5. The van der Waals surface area contributed by atoms with Crippen LogP contribution in [0.1, 0.15) is 21.5 Å². The van der Waals surface area contributed by atoms with Gasteiger partial charge in [-0.3, -0.25) is 9.59 Å². The number of halogens is 1. The molecule has 176 valence electrons. The van der Waals surface area contributed by atoms with E-state index in [1.807, 2.05) is 24.3 Å². The maximum Gasteiger partial charge on any atom is 0.267 e. The third kappa shape index (κ3) is 6.91. The van der Waals surface area contributed by atoms with Gasteiger partial charge in [0.25, 0.3) is 11.8 Å². The Bertz CT molecular complexity index is 1160. The van der Waals surface area contributed by atoms with E-state index in [-0.39, 0.29) is 24.4 Å². The number of hydrogen-bond donors (Lipinski definition) is 3. The average molecular weight is 464 g/mol. The van der Waals surface area contributed by atoms with Crippen molar-refractivity contribution < 1.29 is 28.6 Å². The van der Waals surface area contributed by atoms with Crippen LogP contribution in [0.25, 0.3) is 6.08 Å². The number of benzene rings is 3. The smallest absolute Gasteiger partial charge is 0.267 e. The number of carbonyl (C=O) groups is 2. The van der Waals surface area contributed by atoms with Crippen molar-refractivity contribution in [1.29, 1.82) is 0 Å². The van der Waals surface area contributed by atoms with E-state index >= 15 is 0 Å². The van der Waals surface area contributed by atoms with Gasteiger partial charge < -0.3 is 25.2 Å². The van der Waals surface area contributed by atoms with Crippen molar-refractivity contribution in [2.75, 3.05) is 20.3 Å². The van der Waals surface area contributed by atoms with Gasteiger partial charge in [0.15, 0.2) is 0 Å². The van der Waals surface area contributed by atoms with Crippen LogP contribution in [-0.2, 0) is 11.4 Å². The summed E-state index contributed by atoms with van der Waals surface area (Å²) in [6.07, 6.45) is 1.46. The van der Waals surface area contributed by atoms with Crippen molar-refractivity contribution in [1.82, 2.24) is 10.6 Å². The Hall–Kier alpha value is -4.17. The zero-order chi connectivity index (χ0) is 24.3. The van der Waals surface area contributed by atoms with Gasteiger partial charge in [0.2, 0.25) is 0 Å². The predicted octanol–water partition coefficient (Wildman–Crippen LogP) is 3.29.